The molecule has 0 unspecified atom stereocenters. The molecule has 2 aromatic rings. The molecule has 1 aromatic carbocycles. The van der Waals surface area contributed by atoms with E-state index in [1.165, 1.54) is 17.0 Å². The van der Waals surface area contributed by atoms with E-state index in [2.05, 4.69) is 36.8 Å². The van der Waals surface area contributed by atoms with Crippen LogP contribution in [0.1, 0.15) is 11.3 Å². The third kappa shape index (κ3) is 2.70. The van der Waals surface area contributed by atoms with Crippen molar-refractivity contribution in [3.8, 4) is 0 Å². The molecule has 18 heavy (non-hydrogen) atoms. The summed E-state index contributed by atoms with van der Waals surface area (Å²) in [4.78, 5) is 16.0. The summed E-state index contributed by atoms with van der Waals surface area (Å²) in [5, 5.41) is 0. The molecule has 3 nitrogen and oxygen atoms in total. The predicted molar refractivity (Wildman–Crippen MR) is 74.1 cm³/mol. The number of nitrogens with zero attached hydrogens (tertiary/aromatic N) is 2. The van der Waals surface area contributed by atoms with E-state index in [9.17, 15) is 9.18 Å². The van der Waals surface area contributed by atoms with E-state index < -0.39 is 0 Å². The van der Waals surface area contributed by atoms with Gasteiger partial charge in [0, 0.05) is 10.0 Å². The summed E-state index contributed by atoms with van der Waals surface area (Å²) in [5.41, 5.74) is 0.843. The lowest BCUT2D eigenvalue weighted by Crippen LogP contribution is -2.23. The van der Waals surface area contributed by atoms with Crippen molar-refractivity contribution in [2.45, 2.75) is 13.5 Å². The molecule has 0 aliphatic rings. The van der Waals surface area contributed by atoms with Gasteiger partial charge in [-0.1, -0.05) is 22.0 Å². The fourth-order valence-electron chi connectivity index (χ4n) is 1.49. The molecular weight excluding hydrogens is 367 g/mol. The first-order chi connectivity index (χ1) is 8.49. The second-order valence-electron chi connectivity index (χ2n) is 3.81. The highest BCUT2D eigenvalue weighted by Crippen LogP contribution is 2.16. The molecule has 0 bridgehead atoms. The number of aromatic nitrogens is 2. The summed E-state index contributed by atoms with van der Waals surface area (Å²) in [6, 6.07) is 4.75. The first-order valence-corrected chi connectivity index (χ1v) is 6.73. The van der Waals surface area contributed by atoms with Gasteiger partial charge in [-0.3, -0.25) is 9.36 Å². The molecule has 0 spiro atoms. The van der Waals surface area contributed by atoms with E-state index in [1.807, 2.05) is 0 Å². The first kappa shape index (κ1) is 13.4. The monoisotopic (exact) mass is 374 g/mol. The molecule has 0 radical (unpaired) electrons. The number of aryl methyl sites for hydroxylation is 1. The number of hydrogen-bond acceptors (Lipinski definition) is 2. The zero-order chi connectivity index (χ0) is 13.3. The van der Waals surface area contributed by atoms with Crippen molar-refractivity contribution in [2.24, 2.45) is 0 Å². The van der Waals surface area contributed by atoms with E-state index in [0.717, 1.165) is 0 Å². The first-order valence-electron chi connectivity index (χ1n) is 5.14. The van der Waals surface area contributed by atoms with Gasteiger partial charge in [-0.05, 0) is 35.0 Å². The molecule has 0 fully saturated rings. The Bertz CT molecular complexity index is 655. The predicted octanol–water partition coefficient (Wildman–Crippen LogP) is 3.26. The lowest BCUT2D eigenvalue weighted by molar-refractivity contribution is 0.592. The van der Waals surface area contributed by atoms with Gasteiger partial charge in [0.05, 0.1) is 18.6 Å². The minimum absolute atomic E-state index is 0.157. The van der Waals surface area contributed by atoms with E-state index in [1.54, 1.807) is 19.1 Å². The van der Waals surface area contributed by atoms with Gasteiger partial charge < -0.3 is 0 Å². The summed E-state index contributed by atoms with van der Waals surface area (Å²) in [7, 11) is 0. The molecule has 1 heterocycles. The Balaban J connectivity index is 2.41. The van der Waals surface area contributed by atoms with Crippen LogP contribution in [0.3, 0.4) is 0 Å². The standard InChI is InChI=1S/C12H9Br2FN2O/c1-7-11(14)12(18)17(6-16-7)5-8-2-3-9(13)4-10(8)15/h2-4,6H,5H2,1H3. The molecule has 94 valence electrons. The van der Waals surface area contributed by atoms with Crippen LogP contribution in [0.2, 0.25) is 0 Å². The molecule has 0 saturated carbocycles. The van der Waals surface area contributed by atoms with E-state index in [-0.39, 0.29) is 17.9 Å². The Morgan fingerprint density at radius 1 is 1.39 bits per heavy atom. The Morgan fingerprint density at radius 3 is 2.78 bits per heavy atom. The fourth-order valence-corrected chi connectivity index (χ4v) is 2.16. The topological polar surface area (TPSA) is 34.9 Å². The largest absolute Gasteiger partial charge is 0.294 e. The van der Waals surface area contributed by atoms with Crippen LogP contribution in [0.15, 0.2) is 38.3 Å². The second-order valence-corrected chi connectivity index (χ2v) is 5.52. The van der Waals surface area contributed by atoms with Crippen LogP contribution in [0.25, 0.3) is 0 Å². The average molecular weight is 376 g/mol. The summed E-state index contributed by atoms with van der Waals surface area (Å²) < 4.78 is 16.1. The minimum Gasteiger partial charge on any atom is -0.294 e. The van der Waals surface area contributed by atoms with Crippen molar-refractivity contribution in [1.82, 2.24) is 9.55 Å². The van der Waals surface area contributed by atoms with Crippen LogP contribution in [0.4, 0.5) is 4.39 Å². The third-order valence-electron chi connectivity index (χ3n) is 2.51. The van der Waals surface area contributed by atoms with Gasteiger partial charge in [-0.2, -0.15) is 0 Å². The molecule has 0 amide bonds. The van der Waals surface area contributed by atoms with Crippen LogP contribution in [0.5, 0.6) is 0 Å². The van der Waals surface area contributed by atoms with Crippen LogP contribution in [-0.2, 0) is 6.54 Å². The Kier molecular flexibility index (Phi) is 3.97. The van der Waals surface area contributed by atoms with Gasteiger partial charge in [0.25, 0.3) is 5.56 Å². The molecule has 1 aromatic heterocycles. The van der Waals surface area contributed by atoms with E-state index >= 15 is 0 Å². The van der Waals surface area contributed by atoms with Crippen molar-refractivity contribution in [3.63, 3.8) is 0 Å². The highest BCUT2D eigenvalue weighted by Gasteiger charge is 2.08. The molecule has 0 aliphatic carbocycles. The molecule has 0 saturated heterocycles. The smallest absolute Gasteiger partial charge is 0.268 e. The number of rotatable bonds is 2. The minimum atomic E-state index is -0.354. The lowest BCUT2D eigenvalue weighted by atomic mass is 10.2. The van der Waals surface area contributed by atoms with Crippen molar-refractivity contribution in [3.05, 3.63) is 60.9 Å². The maximum Gasteiger partial charge on any atom is 0.268 e. The zero-order valence-electron chi connectivity index (χ0n) is 9.45. The molecule has 0 atom stereocenters. The maximum absolute atomic E-state index is 13.7. The van der Waals surface area contributed by atoms with Gasteiger partial charge in [-0.25, -0.2) is 9.37 Å². The molecule has 0 aliphatic heterocycles. The summed E-state index contributed by atoms with van der Waals surface area (Å²) in [6.45, 7) is 1.89. The lowest BCUT2D eigenvalue weighted by Gasteiger charge is -2.08. The molecule has 2 rings (SSSR count). The van der Waals surface area contributed by atoms with Gasteiger partial charge in [0.1, 0.15) is 10.3 Å². The van der Waals surface area contributed by atoms with Crippen molar-refractivity contribution in [1.29, 1.82) is 0 Å². The highest BCUT2D eigenvalue weighted by atomic mass is 79.9. The fraction of sp³-hybridized carbons (Fsp3) is 0.167. The van der Waals surface area contributed by atoms with E-state index in [4.69, 9.17) is 0 Å². The Hall–Kier alpha value is -1.01. The zero-order valence-corrected chi connectivity index (χ0v) is 12.6. The SMILES string of the molecule is Cc1ncn(Cc2ccc(Br)cc2F)c(=O)c1Br. The number of benzene rings is 1. The molecule has 0 N–H and O–H groups in total. The summed E-state index contributed by atoms with van der Waals surface area (Å²) in [6.07, 6.45) is 1.42. The maximum atomic E-state index is 13.7. The Labute approximate surface area is 120 Å². The van der Waals surface area contributed by atoms with Crippen molar-refractivity contribution >= 4 is 31.9 Å². The second kappa shape index (κ2) is 5.32. The van der Waals surface area contributed by atoms with Gasteiger partial charge >= 0.3 is 0 Å². The number of halogens is 3. The Morgan fingerprint density at radius 2 is 2.11 bits per heavy atom. The quantitative estimate of drug-likeness (QED) is 0.807. The van der Waals surface area contributed by atoms with Crippen LogP contribution in [0, 0.1) is 12.7 Å². The highest BCUT2D eigenvalue weighted by molar-refractivity contribution is 9.10. The van der Waals surface area contributed by atoms with Crippen LogP contribution in [-0.4, -0.2) is 9.55 Å². The molecular formula is C12H9Br2FN2O. The summed E-state index contributed by atoms with van der Waals surface area (Å²) in [5.74, 6) is -0.354. The van der Waals surface area contributed by atoms with Gasteiger partial charge in [0.15, 0.2) is 0 Å². The average Bonchev–Trinajstić information content (AvgIpc) is 2.33. The van der Waals surface area contributed by atoms with Gasteiger partial charge in [0.2, 0.25) is 0 Å². The van der Waals surface area contributed by atoms with Gasteiger partial charge in [-0.15, -0.1) is 0 Å². The normalized spacial score (nSPS) is 10.7. The molecule has 6 heteroatoms. The van der Waals surface area contributed by atoms with Crippen molar-refractivity contribution in [2.75, 3.05) is 0 Å². The third-order valence-corrected chi connectivity index (χ3v) is 3.92. The van der Waals surface area contributed by atoms with E-state index in [0.29, 0.717) is 20.2 Å². The van der Waals surface area contributed by atoms with Crippen LogP contribution < -0.4 is 5.56 Å². The number of hydrogen-bond donors (Lipinski definition) is 0. The summed E-state index contributed by atoms with van der Waals surface area (Å²) >= 11 is 6.37. The van der Waals surface area contributed by atoms with Crippen molar-refractivity contribution < 1.29 is 4.39 Å². The van der Waals surface area contributed by atoms with Crippen LogP contribution >= 0.6 is 31.9 Å².